The second-order valence-corrected chi connectivity index (χ2v) is 6.14. The summed E-state index contributed by atoms with van der Waals surface area (Å²) >= 11 is 0.868. The highest BCUT2D eigenvalue weighted by atomic mass is 127. The van der Waals surface area contributed by atoms with E-state index in [4.69, 9.17) is 0 Å². The summed E-state index contributed by atoms with van der Waals surface area (Å²) in [6.07, 6.45) is -4.39. The lowest BCUT2D eigenvalue weighted by atomic mass is 10.1. The average molecular weight is 520 g/mol. The van der Waals surface area contributed by atoms with Crippen LogP contribution in [0.2, 0.25) is 0 Å². The number of hydrogen-bond donors (Lipinski definition) is 2. The van der Waals surface area contributed by atoms with Gasteiger partial charge in [0.25, 0.3) is 0 Å². The van der Waals surface area contributed by atoms with Crippen LogP contribution in [0.15, 0.2) is 28.6 Å². The molecule has 0 aliphatic rings. The first-order chi connectivity index (χ1) is 12.3. The van der Waals surface area contributed by atoms with Gasteiger partial charge in [-0.2, -0.15) is 13.2 Å². The first-order valence-electron chi connectivity index (χ1n) is 7.78. The zero-order valence-electron chi connectivity index (χ0n) is 14.2. The number of nitrogens with one attached hydrogen (secondary N) is 2. The van der Waals surface area contributed by atoms with E-state index in [1.54, 1.807) is 0 Å². The van der Waals surface area contributed by atoms with E-state index in [9.17, 15) is 22.0 Å². The van der Waals surface area contributed by atoms with Gasteiger partial charge in [0.05, 0.1) is 6.54 Å². The van der Waals surface area contributed by atoms with E-state index in [1.165, 1.54) is 18.2 Å². The Morgan fingerprint density at radius 3 is 2.41 bits per heavy atom. The molecule has 1 heterocycles. The van der Waals surface area contributed by atoms with Crippen molar-refractivity contribution >= 4 is 41.3 Å². The Morgan fingerprint density at radius 2 is 1.85 bits per heavy atom. The highest BCUT2D eigenvalue weighted by Crippen LogP contribution is 2.30. The third-order valence-corrected chi connectivity index (χ3v) is 4.12. The Kier molecular flexibility index (Phi) is 9.36. The molecule has 1 aromatic heterocycles. The minimum atomic E-state index is -4.48. The van der Waals surface area contributed by atoms with Crippen LogP contribution in [-0.2, 0) is 19.1 Å². The van der Waals surface area contributed by atoms with E-state index in [-0.39, 0.29) is 54.1 Å². The molecule has 27 heavy (non-hydrogen) atoms. The van der Waals surface area contributed by atoms with Gasteiger partial charge in [0.1, 0.15) is 16.6 Å². The molecule has 0 saturated carbocycles. The molecular formula is C16H18F5IN4S. The lowest BCUT2D eigenvalue weighted by Crippen LogP contribution is -2.38. The van der Waals surface area contributed by atoms with Crippen molar-refractivity contribution in [2.24, 2.45) is 4.99 Å². The van der Waals surface area contributed by atoms with Gasteiger partial charge in [-0.05, 0) is 25.5 Å². The molecule has 0 amide bonds. The van der Waals surface area contributed by atoms with Gasteiger partial charge in [0.15, 0.2) is 11.7 Å². The molecule has 0 aliphatic carbocycles. The Balaban J connectivity index is 0.00000364. The molecule has 11 heteroatoms. The number of guanidine groups is 1. The number of aromatic nitrogens is 1. The quantitative estimate of drug-likeness (QED) is 0.258. The summed E-state index contributed by atoms with van der Waals surface area (Å²) in [7, 11) is 0. The summed E-state index contributed by atoms with van der Waals surface area (Å²) in [6.45, 7) is 2.50. The second kappa shape index (κ2) is 10.7. The molecule has 0 spiro atoms. The molecule has 0 bridgehead atoms. The van der Waals surface area contributed by atoms with E-state index in [0.29, 0.717) is 12.5 Å². The van der Waals surface area contributed by atoms with Crippen molar-refractivity contribution in [2.75, 3.05) is 13.1 Å². The van der Waals surface area contributed by atoms with Gasteiger partial charge in [0, 0.05) is 24.0 Å². The number of halogens is 6. The standard InChI is InChI=1S/C16H17F5N4S.HI/c1-2-22-15(23-7-6-10-11(17)4-3-5-12(10)18)24-8-14-25-13(9-26-14)16(19,20)21;/h3-5,9H,2,6-8H2,1H3,(H2,22,23,24);1H. The van der Waals surface area contributed by atoms with E-state index >= 15 is 0 Å². The summed E-state index contributed by atoms with van der Waals surface area (Å²) < 4.78 is 64.8. The van der Waals surface area contributed by atoms with Crippen LogP contribution in [0.1, 0.15) is 23.2 Å². The molecule has 0 fully saturated rings. The van der Waals surface area contributed by atoms with E-state index in [2.05, 4.69) is 20.6 Å². The third kappa shape index (κ3) is 7.20. The molecule has 150 valence electrons. The van der Waals surface area contributed by atoms with Gasteiger partial charge in [-0.3, -0.25) is 0 Å². The van der Waals surface area contributed by atoms with Gasteiger partial charge in [-0.25, -0.2) is 18.8 Å². The van der Waals surface area contributed by atoms with Gasteiger partial charge in [0.2, 0.25) is 0 Å². The Bertz CT molecular complexity index is 743. The predicted octanol–water partition coefficient (Wildman–Crippen LogP) is 4.36. The molecule has 0 atom stereocenters. The number of nitrogens with zero attached hydrogens (tertiary/aromatic N) is 2. The summed E-state index contributed by atoms with van der Waals surface area (Å²) in [6, 6.07) is 3.65. The van der Waals surface area contributed by atoms with Crippen molar-refractivity contribution in [1.29, 1.82) is 0 Å². The van der Waals surface area contributed by atoms with Crippen molar-refractivity contribution in [3.63, 3.8) is 0 Å². The van der Waals surface area contributed by atoms with Crippen LogP contribution in [0.3, 0.4) is 0 Å². The van der Waals surface area contributed by atoms with Gasteiger partial charge in [-0.1, -0.05) is 6.07 Å². The van der Waals surface area contributed by atoms with Crippen LogP contribution in [0.4, 0.5) is 22.0 Å². The second-order valence-electron chi connectivity index (χ2n) is 5.20. The predicted molar refractivity (Wildman–Crippen MR) is 105 cm³/mol. The van der Waals surface area contributed by atoms with E-state index in [0.717, 1.165) is 16.7 Å². The zero-order valence-corrected chi connectivity index (χ0v) is 17.4. The topological polar surface area (TPSA) is 49.3 Å². The smallest absolute Gasteiger partial charge is 0.357 e. The Labute approximate surface area is 174 Å². The molecule has 0 aliphatic heterocycles. The zero-order chi connectivity index (χ0) is 19.2. The monoisotopic (exact) mass is 520 g/mol. The van der Waals surface area contributed by atoms with Crippen LogP contribution >= 0.6 is 35.3 Å². The van der Waals surface area contributed by atoms with E-state index in [1.807, 2.05) is 6.92 Å². The van der Waals surface area contributed by atoms with Crippen molar-refractivity contribution in [3.8, 4) is 0 Å². The van der Waals surface area contributed by atoms with Gasteiger partial charge in [-0.15, -0.1) is 35.3 Å². The number of aliphatic imine (C=N–C) groups is 1. The molecule has 2 aromatic rings. The lowest BCUT2D eigenvalue weighted by molar-refractivity contribution is -0.140. The summed E-state index contributed by atoms with van der Waals surface area (Å²) in [4.78, 5) is 7.64. The first kappa shape index (κ1) is 23.5. The van der Waals surface area contributed by atoms with Crippen molar-refractivity contribution in [1.82, 2.24) is 15.6 Å². The SMILES string of the molecule is CCNC(=NCc1nc(C(F)(F)F)cs1)NCCc1c(F)cccc1F.I. The molecule has 0 saturated heterocycles. The Hall–Kier alpha value is -1.50. The van der Waals surface area contributed by atoms with Crippen LogP contribution in [0, 0.1) is 11.6 Å². The number of hydrogen-bond acceptors (Lipinski definition) is 3. The maximum Gasteiger partial charge on any atom is 0.434 e. The molecule has 0 radical (unpaired) electrons. The molecular weight excluding hydrogens is 502 g/mol. The fourth-order valence-electron chi connectivity index (χ4n) is 2.08. The highest BCUT2D eigenvalue weighted by molar-refractivity contribution is 14.0. The maximum atomic E-state index is 13.6. The average Bonchev–Trinajstić information content (AvgIpc) is 3.04. The van der Waals surface area contributed by atoms with Gasteiger partial charge < -0.3 is 10.6 Å². The molecule has 4 nitrogen and oxygen atoms in total. The maximum absolute atomic E-state index is 13.6. The van der Waals surface area contributed by atoms with Crippen molar-refractivity contribution < 1.29 is 22.0 Å². The summed E-state index contributed by atoms with van der Waals surface area (Å²) in [5, 5.41) is 6.96. The van der Waals surface area contributed by atoms with Crippen molar-refractivity contribution in [3.05, 3.63) is 51.5 Å². The van der Waals surface area contributed by atoms with Crippen LogP contribution < -0.4 is 10.6 Å². The number of benzene rings is 1. The molecule has 2 N–H and O–H groups in total. The fourth-order valence-corrected chi connectivity index (χ4v) is 2.80. The van der Waals surface area contributed by atoms with Crippen LogP contribution in [0.25, 0.3) is 0 Å². The highest BCUT2D eigenvalue weighted by Gasteiger charge is 2.33. The number of alkyl halides is 3. The van der Waals surface area contributed by atoms with Crippen molar-refractivity contribution in [2.45, 2.75) is 26.1 Å². The molecule has 0 unspecified atom stereocenters. The molecule has 1 aromatic carbocycles. The minimum absolute atomic E-state index is 0. The van der Waals surface area contributed by atoms with E-state index < -0.39 is 23.5 Å². The molecule has 2 rings (SSSR count). The summed E-state index contributed by atoms with van der Waals surface area (Å²) in [5.41, 5.74) is -0.980. The minimum Gasteiger partial charge on any atom is -0.357 e. The fraction of sp³-hybridized carbons (Fsp3) is 0.375. The first-order valence-corrected chi connectivity index (χ1v) is 8.66. The van der Waals surface area contributed by atoms with Gasteiger partial charge >= 0.3 is 6.18 Å². The number of rotatable bonds is 6. The largest absolute Gasteiger partial charge is 0.434 e. The van der Waals surface area contributed by atoms with Crippen LogP contribution in [0.5, 0.6) is 0 Å². The lowest BCUT2D eigenvalue weighted by Gasteiger charge is -2.11. The summed E-state index contributed by atoms with van der Waals surface area (Å²) in [5.74, 6) is -0.930. The normalized spacial score (nSPS) is 11.9. The number of thiazole rings is 1. The third-order valence-electron chi connectivity index (χ3n) is 3.29. The van der Waals surface area contributed by atoms with Crippen LogP contribution in [-0.4, -0.2) is 24.0 Å². The Morgan fingerprint density at radius 1 is 1.19 bits per heavy atom.